The van der Waals surface area contributed by atoms with E-state index in [1.54, 1.807) is 31.5 Å². The first-order chi connectivity index (χ1) is 19.6. The maximum atomic E-state index is 10.9. The number of benzene rings is 2. The molecule has 2 saturated heterocycles. The van der Waals surface area contributed by atoms with Crippen LogP contribution in [0.25, 0.3) is 0 Å². The van der Waals surface area contributed by atoms with Gasteiger partial charge in [-0.3, -0.25) is 10.1 Å². The molecule has 1 N–H and O–H groups in total. The van der Waals surface area contributed by atoms with E-state index in [9.17, 15) is 10.1 Å². The number of hydrazone groups is 1. The molecule has 5 rings (SSSR count). The zero-order valence-electron chi connectivity index (χ0n) is 22.7. The van der Waals surface area contributed by atoms with Crippen molar-refractivity contribution < 1.29 is 14.4 Å². The highest BCUT2D eigenvalue weighted by Crippen LogP contribution is 2.29. The predicted molar refractivity (Wildman–Crippen MR) is 154 cm³/mol. The van der Waals surface area contributed by atoms with Crippen LogP contribution in [0.4, 0.5) is 23.5 Å². The second kappa shape index (κ2) is 13.0. The number of anilines is 3. The molecule has 0 bridgehead atoms. The smallest absolute Gasteiger partial charge is 0.269 e. The van der Waals surface area contributed by atoms with Gasteiger partial charge in [0.05, 0.1) is 18.2 Å². The summed E-state index contributed by atoms with van der Waals surface area (Å²) in [6.07, 6.45) is 8.71. The summed E-state index contributed by atoms with van der Waals surface area (Å²) in [5.74, 6) is 2.92. The third kappa shape index (κ3) is 6.93. The van der Waals surface area contributed by atoms with Crippen LogP contribution in [-0.2, 0) is 6.61 Å². The SMILES string of the molecule is COc1cc(/C=N/Nc2nc(N3CCCCC3)nc(N3CCCCC3)n2)ccc1OCc1ccc([N+](=O)[O-])cc1. The van der Waals surface area contributed by atoms with E-state index in [-0.39, 0.29) is 12.3 Å². The van der Waals surface area contributed by atoms with Crippen molar-refractivity contribution in [1.29, 1.82) is 0 Å². The van der Waals surface area contributed by atoms with E-state index in [2.05, 4.69) is 30.3 Å². The minimum Gasteiger partial charge on any atom is -0.493 e. The number of methoxy groups -OCH3 is 1. The molecule has 0 amide bonds. The molecule has 1 aromatic heterocycles. The Balaban J connectivity index is 1.26. The van der Waals surface area contributed by atoms with Crippen LogP contribution in [-0.4, -0.2) is 59.4 Å². The number of hydrogen-bond donors (Lipinski definition) is 1. The monoisotopic (exact) mass is 546 g/mol. The molecule has 2 aliphatic rings. The van der Waals surface area contributed by atoms with E-state index in [0.29, 0.717) is 29.3 Å². The molecule has 2 fully saturated rings. The second-order valence-corrected chi connectivity index (χ2v) is 9.85. The Labute approximate surface area is 233 Å². The van der Waals surface area contributed by atoms with Crippen LogP contribution >= 0.6 is 0 Å². The number of nitro groups is 1. The minimum atomic E-state index is -0.426. The lowest BCUT2D eigenvalue weighted by Gasteiger charge is -2.30. The van der Waals surface area contributed by atoms with Gasteiger partial charge in [-0.2, -0.15) is 20.1 Å². The lowest BCUT2D eigenvalue weighted by molar-refractivity contribution is -0.384. The lowest BCUT2D eigenvalue weighted by Crippen LogP contribution is -2.34. The first kappa shape index (κ1) is 27.1. The van der Waals surface area contributed by atoms with Crippen LogP contribution in [0.15, 0.2) is 47.6 Å². The fraction of sp³-hybridized carbons (Fsp3) is 0.429. The number of rotatable bonds is 10. The summed E-state index contributed by atoms with van der Waals surface area (Å²) in [4.78, 5) is 29.0. The van der Waals surface area contributed by atoms with E-state index >= 15 is 0 Å². The van der Waals surface area contributed by atoms with Crippen LogP contribution in [0.1, 0.15) is 49.7 Å². The molecule has 2 aliphatic heterocycles. The van der Waals surface area contributed by atoms with E-state index in [1.165, 1.54) is 25.0 Å². The van der Waals surface area contributed by atoms with Crippen LogP contribution in [0.3, 0.4) is 0 Å². The van der Waals surface area contributed by atoms with E-state index in [1.807, 2.05) is 12.1 Å². The van der Waals surface area contributed by atoms with Crippen molar-refractivity contribution in [1.82, 2.24) is 15.0 Å². The van der Waals surface area contributed by atoms with Gasteiger partial charge in [-0.25, -0.2) is 5.43 Å². The number of hydrogen-bond acceptors (Lipinski definition) is 11. The zero-order chi connectivity index (χ0) is 27.7. The summed E-state index contributed by atoms with van der Waals surface area (Å²) in [5.41, 5.74) is 4.65. The predicted octanol–water partition coefficient (Wildman–Crippen LogP) is 4.79. The number of non-ortho nitro benzene ring substituents is 1. The number of ether oxygens (including phenoxy) is 2. The van der Waals surface area contributed by atoms with E-state index in [0.717, 1.165) is 63.0 Å². The molecule has 40 heavy (non-hydrogen) atoms. The molecule has 0 saturated carbocycles. The summed E-state index contributed by atoms with van der Waals surface area (Å²) < 4.78 is 11.4. The van der Waals surface area contributed by atoms with Gasteiger partial charge in [0.15, 0.2) is 11.5 Å². The summed E-state index contributed by atoms with van der Waals surface area (Å²) in [7, 11) is 1.57. The molecule has 0 spiro atoms. The number of nitro benzene ring substituents is 1. The van der Waals surface area contributed by atoms with E-state index in [4.69, 9.17) is 14.5 Å². The molecule has 3 heterocycles. The van der Waals surface area contributed by atoms with Gasteiger partial charge >= 0.3 is 0 Å². The Kier molecular flexibility index (Phi) is 8.84. The highest BCUT2D eigenvalue weighted by Gasteiger charge is 2.20. The third-order valence-corrected chi connectivity index (χ3v) is 7.00. The fourth-order valence-electron chi connectivity index (χ4n) is 4.80. The standard InChI is InChI=1S/C28H34N8O4/c1-39-25-18-22(10-13-24(25)40-20-21-8-11-23(12-9-21)36(37)38)19-29-33-26-30-27(34-14-4-2-5-15-34)32-28(31-26)35-16-6-3-7-17-35/h8-13,18-19H,2-7,14-17,20H2,1H3,(H,30,31,32,33)/b29-19+. The fourth-order valence-corrected chi connectivity index (χ4v) is 4.80. The molecule has 210 valence electrons. The van der Waals surface area contributed by atoms with Gasteiger partial charge in [0.1, 0.15) is 6.61 Å². The maximum absolute atomic E-state index is 10.9. The van der Waals surface area contributed by atoms with Crippen molar-refractivity contribution in [2.75, 3.05) is 48.5 Å². The largest absolute Gasteiger partial charge is 0.493 e. The molecule has 12 nitrogen and oxygen atoms in total. The number of piperidine rings is 2. The van der Waals surface area contributed by atoms with Crippen LogP contribution in [0, 0.1) is 10.1 Å². The maximum Gasteiger partial charge on any atom is 0.269 e. The van der Waals surface area contributed by atoms with Crippen molar-refractivity contribution in [3.63, 3.8) is 0 Å². The molecule has 0 unspecified atom stereocenters. The van der Waals surface area contributed by atoms with Gasteiger partial charge in [-0.1, -0.05) is 0 Å². The number of aromatic nitrogens is 3. The Morgan fingerprint density at radius 3 is 2.10 bits per heavy atom. The van der Waals surface area contributed by atoms with Gasteiger partial charge < -0.3 is 19.3 Å². The Hall–Kier alpha value is -4.48. The summed E-state index contributed by atoms with van der Waals surface area (Å²) in [6.45, 7) is 4.05. The van der Waals surface area contributed by atoms with Crippen LogP contribution in [0.2, 0.25) is 0 Å². The Morgan fingerprint density at radius 1 is 0.900 bits per heavy atom. The van der Waals surface area contributed by atoms with E-state index < -0.39 is 4.92 Å². The lowest BCUT2D eigenvalue weighted by atomic mass is 10.1. The first-order valence-electron chi connectivity index (χ1n) is 13.7. The minimum absolute atomic E-state index is 0.0428. The van der Waals surface area contributed by atoms with Gasteiger partial charge in [-0.05, 0) is 80.0 Å². The third-order valence-electron chi connectivity index (χ3n) is 7.00. The summed E-state index contributed by atoms with van der Waals surface area (Å²) in [5, 5.41) is 15.2. The molecule has 0 atom stereocenters. The average Bonchev–Trinajstić information content (AvgIpc) is 3.01. The van der Waals surface area contributed by atoms with Gasteiger partial charge in [0, 0.05) is 38.3 Å². The second-order valence-electron chi connectivity index (χ2n) is 9.85. The average molecular weight is 547 g/mol. The van der Waals surface area contributed by atoms with Crippen LogP contribution in [0.5, 0.6) is 11.5 Å². The summed E-state index contributed by atoms with van der Waals surface area (Å²) in [6, 6.07) is 11.8. The normalized spacial score (nSPS) is 15.7. The first-order valence-corrected chi connectivity index (χ1v) is 13.7. The zero-order valence-corrected chi connectivity index (χ0v) is 22.7. The molecule has 0 aliphatic carbocycles. The molecule has 12 heteroatoms. The quantitative estimate of drug-likeness (QED) is 0.215. The number of nitrogens with zero attached hydrogens (tertiary/aromatic N) is 7. The molecule has 0 radical (unpaired) electrons. The van der Waals surface area contributed by atoms with Crippen molar-refractivity contribution in [2.45, 2.75) is 45.1 Å². The molecule has 2 aromatic carbocycles. The molecule has 3 aromatic rings. The van der Waals surface area contributed by atoms with Crippen LogP contribution < -0.4 is 24.7 Å². The van der Waals surface area contributed by atoms with Gasteiger partial charge in [-0.15, -0.1) is 0 Å². The van der Waals surface area contributed by atoms with Crippen molar-refractivity contribution >= 4 is 29.7 Å². The molecular formula is C28H34N8O4. The van der Waals surface area contributed by atoms with Gasteiger partial charge in [0.2, 0.25) is 17.8 Å². The summed E-state index contributed by atoms with van der Waals surface area (Å²) >= 11 is 0. The topological polar surface area (TPSA) is 131 Å². The Bertz CT molecular complexity index is 1290. The van der Waals surface area contributed by atoms with Gasteiger partial charge in [0.25, 0.3) is 5.69 Å². The highest BCUT2D eigenvalue weighted by molar-refractivity contribution is 5.81. The van der Waals surface area contributed by atoms with Crippen molar-refractivity contribution in [2.24, 2.45) is 5.10 Å². The Morgan fingerprint density at radius 2 is 1.52 bits per heavy atom. The van der Waals surface area contributed by atoms with Crippen molar-refractivity contribution in [3.8, 4) is 11.5 Å². The number of nitrogens with one attached hydrogen (secondary N) is 1. The molecular weight excluding hydrogens is 512 g/mol. The van der Waals surface area contributed by atoms with Crippen molar-refractivity contribution in [3.05, 3.63) is 63.7 Å². The highest BCUT2D eigenvalue weighted by atomic mass is 16.6.